The molecule has 3 rings (SSSR count). The maximum atomic E-state index is 13.6. The normalized spacial score (nSPS) is 21.7. The zero-order valence-electron chi connectivity index (χ0n) is 12.7. The molecule has 0 bridgehead atoms. The molecular formula is C17H26FN3. The second-order valence-corrected chi connectivity index (χ2v) is 6.34. The summed E-state index contributed by atoms with van der Waals surface area (Å²) in [6.07, 6.45) is 6.47. The zero-order chi connectivity index (χ0) is 14.7. The molecule has 0 amide bonds. The lowest BCUT2D eigenvalue weighted by molar-refractivity contribution is 0.141. The van der Waals surface area contributed by atoms with Crippen LogP contribution in [-0.4, -0.2) is 37.1 Å². The number of halogens is 1. The van der Waals surface area contributed by atoms with E-state index in [0.717, 1.165) is 30.4 Å². The van der Waals surface area contributed by atoms with Crippen molar-refractivity contribution in [3.8, 4) is 0 Å². The van der Waals surface area contributed by atoms with Gasteiger partial charge in [-0.15, -0.1) is 0 Å². The summed E-state index contributed by atoms with van der Waals surface area (Å²) in [6.45, 7) is 4.97. The van der Waals surface area contributed by atoms with E-state index in [9.17, 15) is 4.39 Å². The Hall–Kier alpha value is -1.13. The number of nitrogens with zero attached hydrogens (tertiary/aromatic N) is 2. The van der Waals surface area contributed by atoms with Gasteiger partial charge in [0, 0.05) is 31.4 Å². The van der Waals surface area contributed by atoms with E-state index in [-0.39, 0.29) is 5.82 Å². The standard InChI is InChI=1S/C17H26FN3/c18-15-10-14(13-19)11-17(12-15)21-8-4-16(5-9-21)20-6-2-1-3-7-20/h10-12,16H,1-9,13,19H2. The number of anilines is 1. The first-order chi connectivity index (χ1) is 10.3. The highest BCUT2D eigenvalue weighted by atomic mass is 19.1. The van der Waals surface area contributed by atoms with Crippen molar-refractivity contribution in [2.45, 2.75) is 44.7 Å². The molecular weight excluding hydrogens is 265 g/mol. The summed E-state index contributed by atoms with van der Waals surface area (Å²) >= 11 is 0. The molecule has 2 fully saturated rings. The molecule has 1 aromatic carbocycles. The summed E-state index contributed by atoms with van der Waals surface area (Å²) in [7, 11) is 0. The van der Waals surface area contributed by atoms with Crippen LogP contribution in [0.15, 0.2) is 18.2 Å². The van der Waals surface area contributed by atoms with Crippen molar-refractivity contribution in [3.63, 3.8) is 0 Å². The lowest BCUT2D eigenvalue weighted by atomic mass is 9.99. The first-order valence-corrected chi connectivity index (χ1v) is 8.25. The van der Waals surface area contributed by atoms with E-state index in [1.807, 2.05) is 6.07 Å². The van der Waals surface area contributed by atoms with Gasteiger partial charge < -0.3 is 15.5 Å². The molecule has 0 aromatic heterocycles. The maximum Gasteiger partial charge on any atom is 0.125 e. The molecule has 0 aliphatic carbocycles. The molecule has 0 spiro atoms. The number of nitrogens with two attached hydrogens (primary N) is 1. The number of piperidine rings is 2. The average molecular weight is 291 g/mol. The summed E-state index contributed by atoms with van der Waals surface area (Å²) in [5.74, 6) is -0.175. The predicted molar refractivity (Wildman–Crippen MR) is 85.0 cm³/mol. The van der Waals surface area contributed by atoms with Gasteiger partial charge in [0.1, 0.15) is 5.82 Å². The summed E-state index contributed by atoms with van der Waals surface area (Å²) in [5, 5.41) is 0. The minimum atomic E-state index is -0.175. The second-order valence-electron chi connectivity index (χ2n) is 6.34. The van der Waals surface area contributed by atoms with Crippen LogP contribution < -0.4 is 10.6 Å². The Bertz CT molecular complexity index is 463. The highest BCUT2D eigenvalue weighted by Crippen LogP contribution is 2.26. The molecule has 0 saturated carbocycles. The molecule has 3 nitrogen and oxygen atoms in total. The molecule has 2 N–H and O–H groups in total. The Kier molecular flexibility index (Phi) is 4.76. The number of likely N-dealkylation sites (tertiary alicyclic amines) is 1. The largest absolute Gasteiger partial charge is 0.371 e. The van der Waals surface area contributed by atoms with Crippen LogP contribution in [0.2, 0.25) is 0 Å². The van der Waals surface area contributed by atoms with Gasteiger partial charge in [0.05, 0.1) is 0 Å². The summed E-state index contributed by atoms with van der Waals surface area (Å²) in [6, 6.07) is 5.93. The molecule has 1 aromatic rings. The molecule has 4 heteroatoms. The third kappa shape index (κ3) is 3.55. The summed E-state index contributed by atoms with van der Waals surface area (Å²) in [5.41, 5.74) is 7.52. The molecule has 2 saturated heterocycles. The SMILES string of the molecule is NCc1cc(F)cc(N2CCC(N3CCCCC3)CC2)c1. The van der Waals surface area contributed by atoms with Crippen molar-refractivity contribution in [2.75, 3.05) is 31.1 Å². The Morgan fingerprint density at radius 2 is 1.71 bits per heavy atom. The highest BCUT2D eigenvalue weighted by Gasteiger charge is 2.25. The van der Waals surface area contributed by atoms with Crippen molar-refractivity contribution in [2.24, 2.45) is 5.73 Å². The predicted octanol–water partition coefficient (Wildman–Crippen LogP) is 2.74. The fraction of sp³-hybridized carbons (Fsp3) is 0.647. The smallest absolute Gasteiger partial charge is 0.125 e. The van der Waals surface area contributed by atoms with Gasteiger partial charge >= 0.3 is 0 Å². The van der Waals surface area contributed by atoms with E-state index < -0.39 is 0 Å². The van der Waals surface area contributed by atoms with E-state index in [1.165, 1.54) is 51.3 Å². The third-order valence-corrected chi connectivity index (χ3v) is 4.91. The number of rotatable bonds is 3. The van der Waals surface area contributed by atoms with Crippen LogP contribution in [-0.2, 0) is 6.54 Å². The summed E-state index contributed by atoms with van der Waals surface area (Å²) < 4.78 is 13.6. The van der Waals surface area contributed by atoms with Crippen LogP contribution in [0.5, 0.6) is 0 Å². The Morgan fingerprint density at radius 3 is 2.38 bits per heavy atom. The van der Waals surface area contributed by atoms with Crippen molar-refractivity contribution in [1.82, 2.24) is 4.90 Å². The minimum absolute atomic E-state index is 0.175. The molecule has 2 heterocycles. The average Bonchev–Trinajstić information content (AvgIpc) is 2.55. The number of benzene rings is 1. The highest BCUT2D eigenvalue weighted by molar-refractivity contribution is 5.49. The van der Waals surface area contributed by atoms with Gasteiger partial charge in [-0.3, -0.25) is 0 Å². The van der Waals surface area contributed by atoms with E-state index in [2.05, 4.69) is 9.80 Å². The quantitative estimate of drug-likeness (QED) is 0.929. The maximum absolute atomic E-state index is 13.6. The lowest BCUT2D eigenvalue weighted by Gasteiger charge is -2.41. The fourth-order valence-corrected chi connectivity index (χ4v) is 3.71. The van der Waals surface area contributed by atoms with Crippen LogP contribution in [0.4, 0.5) is 10.1 Å². The van der Waals surface area contributed by atoms with Gasteiger partial charge in [0.15, 0.2) is 0 Å². The Labute approximate surface area is 126 Å². The van der Waals surface area contributed by atoms with Gasteiger partial charge in [-0.2, -0.15) is 0 Å². The first-order valence-electron chi connectivity index (χ1n) is 8.25. The van der Waals surface area contributed by atoms with Gasteiger partial charge in [-0.05, 0) is 62.5 Å². The van der Waals surface area contributed by atoms with E-state index in [0.29, 0.717) is 6.54 Å². The molecule has 2 aliphatic rings. The van der Waals surface area contributed by atoms with Gasteiger partial charge in [-0.25, -0.2) is 4.39 Å². The van der Waals surface area contributed by atoms with Crippen LogP contribution in [0.1, 0.15) is 37.7 Å². The second kappa shape index (κ2) is 6.75. The van der Waals surface area contributed by atoms with E-state index in [4.69, 9.17) is 5.73 Å². The Balaban J connectivity index is 1.61. The van der Waals surface area contributed by atoms with Crippen LogP contribution in [0.3, 0.4) is 0 Å². The molecule has 116 valence electrons. The van der Waals surface area contributed by atoms with Crippen molar-refractivity contribution in [3.05, 3.63) is 29.6 Å². The first kappa shape index (κ1) is 14.8. The molecule has 2 aliphatic heterocycles. The molecule has 0 unspecified atom stereocenters. The van der Waals surface area contributed by atoms with Crippen LogP contribution >= 0.6 is 0 Å². The molecule has 21 heavy (non-hydrogen) atoms. The molecule has 0 atom stereocenters. The van der Waals surface area contributed by atoms with Gasteiger partial charge in [0.2, 0.25) is 0 Å². The van der Waals surface area contributed by atoms with Crippen LogP contribution in [0.25, 0.3) is 0 Å². The third-order valence-electron chi connectivity index (χ3n) is 4.91. The minimum Gasteiger partial charge on any atom is -0.371 e. The van der Waals surface area contributed by atoms with Gasteiger partial charge in [-0.1, -0.05) is 6.42 Å². The number of hydrogen-bond donors (Lipinski definition) is 1. The zero-order valence-corrected chi connectivity index (χ0v) is 12.7. The number of hydrogen-bond acceptors (Lipinski definition) is 3. The fourth-order valence-electron chi connectivity index (χ4n) is 3.71. The van der Waals surface area contributed by atoms with Crippen LogP contribution in [0, 0.1) is 5.82 Å². The lowest BCUT2D eigenvalue weighted by Crippen LogP contribution is -2.46. The molecule has 0 radical (unpaired) electrons. The van der Waals surface area contributed by atoms with Gasteiger partial charge in [0.25, 0.3) is 0 Å². The Morgan fingerprint density at radius 1 is 1.00 bits per heavy atom. The van der Waals surface area contributed by atoms with Crippen molar-refractivity contribution < 1.29 is 4.39 Å². The topological polar surface area (TPSA) is 32.5 Å². The summed E-state index contributed by atoms with van der Waals surface area (Å²) in [4.78, 5) is 4.97. The monoisotopic (exact) mass is 291 g/mol. The van der Waals surface area contributed by atoms with Crippen molar-refractivity contribution >= 4 is 5.69 Å². The van der Waals surface area contributed by atoms with E-state index >= 15 is 0 Å². The van der Waals surface area contributed by atoms with E-state index in [1.54, 1.807) is 6.07 Å². The van der Waals surface area contributed by atoms with Crippen molar-refractivity contribution in [1.29, 1.82) is 0 Å².